The molecule has 1 aliphatic carbocycles. The third-order valence-corrected chi connectivity index (χ3v) is 13.2. The van der Waals surface area contributed by atoms with Gasteiger partial charge in [-0.2, -0.15) is 15.1 Å². The van der Waals surface area contributed by atoms with Crippen LogP contribution in [0.25, 0.3) is 33.1 Å². The van der Waals surface area contributed by atoms with Crippen LogP contribution in [0.1, 0.15) is 77.2 Å². The van der Waals surface area contributed by atoms with Crippen LogP contribution in [-0.2, 0) is 9.47 Å². The van der Waals surface area contributed by atoms with E-state index in [1.54, 1.807) is 12.3 Å². The zero-order valence-electron chi connectivity index (χ0n) is 31.3. The number of rotatable bonds is 7. The lowest BCUT2D eigenvalue weighted by atomic mass is 9.74. The van der Waals surface area contributed by atoms with Crippen molar-refractivity contribution in [1.82, 2.24) is 35.4 Å². The van der Waals surface area contributed by atoms with E-state index in [1.807, 2.05) is 11.8 Å². The van der Waals surface area contributed by atoms with Crippen molar-refractivity contribution in [3.8, 4) is 23.1 Å². The minimum atomic E-state index is -0.738. The number of aromatic amines is 1. The molecule has 54 heavy (non-hydrogen) atoms. The number of nitrogens with one attached hydrogen (secondary N) is 2. The number of hydrogen-bond donors (Lipinski definition) is 2. The number of halogens is 2. The van der Waals surface area contributed by atoms with E-state index < -0.39 is 17.5 Å². The van der Waals surface area contributed by atoms with Gasteiger partial charge in [0.1, 0.15) is 28.0 Å². The topological polar surface area (TPSA) is 140 Å². The number of H-pyrrole nitrogens is 1. The summed E-state index contributed by atoms with van der Waals surface area (Å²) in [5, 5.41) is 11.4. The predicted molar refractivity (Wildman–Crippen MR) is 202 cm³/mol. The Morgan fingerprint density at radius 2 is 1.89 bits per heavy atom. The number of amides is 1. The van der Waals surface area contributed by atoms with Crippen molar-refractivity contribution in [1.29, 1.82) is 0 Å². The van der Waals surface area contributed by atoms with Crippen LogP contribution in [-0.4, -0.2) is 106 Å². The molecule has 7 heterocycles. The Morgan fingerprint density at radius 1 is 1.09 bits per heavy atom. The second-order valence-corrected chi connectivity index (χ2v) is 16.7. The first kappa shape index (κ1) is 35.7. The molecular formula is C39H48ClFN8O5. The Labute approximate surface area is 318 Å². The highest BCUT2D eigenvalue weighted by molar-refractivity contribution is 6.33. The number of aromatic nitrogens is 5. The van der Waals surface area contributed by atoms with Crippen LogP contribution in [0.4, 0.5) is 15.0 Å². The Balaban J connectivity index is 1.14. The molecule has 4 aliphatic heterocycles. The molecule has 15 heteroatoms. The highest BCUT2D eigenvalue weighted by atomic mass is 35.5. The third-order valence-electron chi connectivity index (χ3n) is 12.8. The molecule has 0 radical (unpaired) electrons. The van der Waals surface area contributed by atoms with E-state index in [0.29, 0.717) is 83.0 Å². The molecule has 1 spiro atoms. The maximum atomic E-state index is 17.4. The summed E-state index contributed by atoms with van der Waals surface area (Å²) in [6.45, 7) is 9.05. The molecule has 9 rings (SSSR count). The number of fused-ring (bicyclic) bond motifs is 3. The number of ether oxygens (including phenoxy) is 4. The van der Waals surface area contributed by atoms with Gasteiger partial charge in [0.15, 0.2) is 5.82 Å². The predicted octanol–water partition coefficient (Wildman–Crippen LogP) is 6.73. The van der Waals surface area contributed by atoms with E-state index in [0.717, 1.165) is 57.9 Å². The van der Waals surface area contributed by atoms with Crippen molar-refractivity contribution in [2.75, 3.05) is 44.8 Å². The van der Waals surface area contributed by atoms with Gasteiger partial charge in [0, 0.05) is 40.0 Å². The Morgan fingerprint density at radius 3 is 2.67 bits per heavy atom. The van der Waals surface area contributed by atoms with Crippen LogP contribution < -0.4 is 19.7 Å². The van der Waals surface area contributed by atoms with Crippen molar-refractivity contribution in [2.45, 2.75) is 108 Å². The number of nitrogens with zero attached hydrogens (tertiary/aromatic N) is 6. The Kier molecular flexibility index (Phi) is 9.00. The molecule has 2 N–H and O–H groups in total. The van der Waals surface area contributed by atoms with Crippen molar-refractivity contribution >= 4 is 45.3 Å². The monoisotopic (exact) mass is 762 g/mol. The summed E-state index contributed by atoms with van der Waals surface area (Å²) >= 11 is 6.67. The molecule has 13 nitrogen and oxygen atoms in total. The number of carbonyl (C=O) groups excluding carboxylic acids is 1. The molecule has 0 bridgehead atoms. The molecule has 5 aliphatic rings. The van der Waals surface area contributed by atoms with Crippen LogP contribution >= 0.6 is 11.6 Å². The van der Waals surface area contributed by atoms with Crippen molar-refractivity contribution in [3.63, 3.8) is 0 Å². The molecule has 288 valence electrons. The van der Waals surface area contributed by atoms with Crippen LogP contribution in [0.15, 0.2) is 12.3 Å². The number of pyridine rings is 1. The van der Waals surface area contributed by atoms with Gasteiger partial charge in [-0.1, -0.05) is 18.0 Å². The lowest BCUT2D eigenvalue weighted by molar-refractivity contribution is -0.0967. The molecule has 5 atom stereocenters. The van der Waals surface area contributed by atoms with Gasteiger partial charge >= 0.3 is 12.1 Å². The quantitative estimate of drug-likeness (QED) is 0.207. The zero-order chi connectivity index (χ0) is 37.4. The van der Waals surface area contributed by atoms with Gasteiger partial charge in [-0.25, -0.2) is 14.2 Å². The average molecular weight is 763 g/mol. The summed E-state index contributed by atoms with van der Waals surface area (Å²) in [7, 11) is 1.50. The van der Waals surface area contributed by atoms with E-state index in [-0.39, 0.29) is 40.7 Å². The Bertz CT molecular complexity index is 2110. The summed E-state index contributed by atoms with van der Waals surface area (Å²) < 4.78 is 41.9. The summed E-state index contributed by atoms with van der Waals surface area (Å²) in [4.78, 5) is 31.7. The van der Waals surface area contributed by atoms with E-state index in [1.165, 1.54) is 7.11 Å². The Hall–Kier alpha value is -4.01. The average Bonchev–Trinajstić information content (AvgIpc) is 3.90. The van der Waals surface area contributed by atoms with Crippen molar-refractivity contribution < 1.29 is 28.1 Å². The van der Waals surface area contributed by atoms with Crippen LogP contribution in [0.2, 0.25) is 5.02 Å². The number of carbonyl (C=O) groups is 1. The lowest BCUT2D eigenvalue weighted by Gasteiger charge is -2.51. The molecule has 4 aromatic rings. The second kappa shape index (κ2) is 13.6. The largest absolute Gasteiger partial charge is 0.480 e. The lowest BCUT2D eigenvalue weighted by Crippen LogP contribution is -2.57. The van der Waals surface area contributed by atoms with Crippen LogP contribution in [0.3, 0.4) is 0 Å². The molecule has 1 saturated carbocycles. The van der Waals surface area contributed by atoms with Gasteiger partial charge in [0.2, 0.25) is 5.88 Å². The first-order valence-corrected chi connectivity index (χ1v) is 19.8. The molecule has 5 unspecified atom stereocenters. The standard InChI is InChI=1S/C39H48ClFN8O5/c1-21-14-24(15-22(2)53-21)49-13-6-10-38(9-5-8-28(38)49)20-52-36-45-33-30(34(46-36)48-12-7-11-39(19-48)18-42-37(50)54-39)35(51-4)44-32(31(33)41)29-23(3)26(40)16-27-25(29)17-43-47-27/h16-17,21-22,24,28H,5-15,18-20H2,1-4H3,(H,42,50)(H,43,47). The molecular weight excluding hydrogens is 715 g/mol. The maximum absolute atomic E-state index is 17.4. The van der Waals surface area contributed by atoms with E-state index in [2.05, 4.69) is 34.3 Å². The second-order valence-electron chi connectivity index (χ2n) is 16.3. The molecule has 1 amide bonds. The molecule has 3 aromatic heterocycles. The normalized spacial score (nSPS) is 30.2. The fourth-order valence-corrected chi connectivity index (χ4v) is 10.6. The minimum absolute atomic E-state index is 0.0324. The maximum Gasteiger partial charge on any atom is 0.407 e. The van der Waals surface area contributed by atoms with Crippen LogP contribution in [0.5, 0.6) is 11.9 Å². The van der Waals surface area contributed by atoms with Gasteiger partial charge < -0.3 is 29.2 Å². The first-order chi connectivity index (χ1) is 26.1. The smallest absolute Gasteiger partial charge is 0.407 e. The van der Waals surface area contributed by atoms with Gasteiger partial charge in [-0.05, 0) is 90.3 Å². The number of methoxy groups -OCH3 is 1. The minimum Gasteiger partial charge on any atom is -0.480 e. The SMILES string of the molecule is COc1nc(-c2c(C)c(Cl)cc3[nH]ncc23)c(F)c2nc(OCC34CCCC3N(C3CC(C)OC(C)C3)CCC4)nc(N3CCCC4(CNC(=O)O4)C3)c12. The number of anilines is 1. The molecule has 5 fully saturated rings. The van der Waals surface area contributed by atoms with E-state index in [9.17, 15) is 4.79 Å². The number of alkyl carbamates (subject to hydrolysis) is 1. The number of piperidine rings is 2. The number of benzene rings is 1. The highest BCUT2D eigenvalue weighted by Crippen LogP contribution is 2.50. The van der Waals surface area contributed by atoms with Crippen molar-refractivity contribution in [2.24, 2.45) is 5.41 Å². The van der Waals surface area contributed by atoms with Crippen molar-refractivity contribution in [3.05, 3.63) is 28.7 Å². The van der Waals surface area contributed by atoms with Gasteiger partial charge in [0.25, 0.3) is 0 Å². The highest BCUT2D eigenvalue weighted by Gasteiger charge is 2.51. The molecule has 1 aromatic carbocycles. The van der Waals surface area contributed by atoms with E-state index in [4.69, 9.17) is 45.5 Å². The fraction of sp³-hybridized carbons (Fsp3) is 0.615. The van der Waals surface area contributed by atoms with Gasteiger partial charge in [-0.3, -0.25) is 10.00 Å². The summed E-state index contributed by atoms with van der Waals surface area (Å²) in [6, 6.07) is 2.73. The third kappa shape index (κ3) is 5.99. The number of hydrogen-bond acceptors (Lipinski definition) is 11. The summed E-state index contributed by atoms with van der Waals surface area (Å²) in [6.07, 6.45) is 10.6. The van der Waals surface area contributed by atoms with Gasteiger partial charge in [0.05, 0.1) is 50.7 Å². The first-order valence-electron chi connectivity index (χ1n) is 19.4. The van der Waals surface area contributed by atoms with Gasteiger partial charge in [-0.15, -0.1) is 0 Å². The van der Waals surface area contributed by atoms with E-state index >= 15 is 4.39 Å². The summed E-state index contributed by atoms with van der Waals surface area (Å²) in [5.41, 5.74) is 1.08. The number of likely N-dealkylation sites (tertiary alicyclic amines) is 1. The fourth-order valence-electron chi connectivity index (χ4n) is 10.4. The molecule has 4 saturated heterocycles. The zero-order valence-corrected chi connectivity index (χ0v) is 32.1. The summed E-state index contributed by atoms with van der Waals surface area (Å²) in [5.74, 6) is -0.0483. The van der Waals surface area contributed by atoms with Crippen LogP contribution in [0, 0.1) is 18.2 Å².